The second-order valence-electron chi connectivity index (χ2n) is 4.09. The Morgan fingerprint density at radius 2 is 2.32 bits per heavy atom. The first-order valence-corrected chi connectivity index (χ1v) is 6.10. The zero-order chi connectivity index (χ0) is 13.3. The van der Waals surface area contributed by atoms with Crippen LogP contribution in [-0.4, -0.2) is 34.6 Å². The number of aromatic nitrogens is 2. The lowest BCUT2D eigenvalue weighted by Crippen LogP contribution is -2.30. The van der Waals surface area contributed by atoms with E-state index in [-0.39, 0.29) is 6.61 Å². The van der Waals surface area contributed by atoms with Crippen molar-refractivity contribution >= 4 is 0 Å². The van der Waals surface area contributed by atoms with Gasteiger partial charge in [-0.1, -0.05) is 0 Å². The summed E-state index contributed by atoms with van der Waals surface area (Å²) >= 11 is 0. The summed E-state index contributed by atoms with van der Waals surface area (Å²) in [4.78, 5) is 0. The van der Waals surface area contributed by atoms with Crippen LogP contribution in [0.2, 0.25) is 0 Å². The summed E-state index contributed by atoms with van der Waals surface area (Å²) in [6.45, 7) is 1.64. The van der Waals surface area contributed by atoms with Crippen LogP contribution in [0.5, 0.6) is 0 Å². The molecular weight excluding hydrogens is 246 g/mol. The molecule has 1 unspecified atom stereocenters. The molecule has 0 saturated heterocycles. The summed E-state index contributed by atoms with van der Waals surface area (Å²) in [6, 6.07) is 7.34. The maximum Gasteiger partial charge on any atom is 0.129 e. The molecule has 2 heterocycles. The lowest BCUT2D eigenvalue weighted by molar-refractivity contribution is 0.0225. The van der Waals surface area contributed by atoms with Gasteiger partial charge in [0.2, 0.25) is 0 Å². The molecule has 6 heteroatoms. The number of furan rings is 1. The first-order chi connectivity index (χ1) is 9.34. The highest BCUT2D eigenvalue weighted by atomic mass is 16.5. The van der Waals surface area contributed by atoms with Crippen molar-refractivity contribution in [2.45, 2.75) is 19.3 Å². The molecule has 2 aromatic rings. The largest absolute Gasteiger partial charge is 0.467 e. The molecule has 6 nitrogen and oxygen atoms in total. The van der Waals surface area contributed by atoms with Gasteiger partial charge < -0.3 is 19.6 Å². The summed E-state index contributed by atoms with van der Waals surface area (Å²) in [5, 5.41) is 20.5. The van der Waals surface area contributed by atoms with Crippen molar-refractivity contribution in [1.82, 2.24) is 15.5 Å². The maximum absolute atomic E-state index is 9.70. The van der Waals surface area contributed by atoms with Crippen LogP contribution in [0, 0.1) is 0 Å². The van der Waals surface area contributed by atoms with Crippen LogP contribution in [0.15, 0.2) is 41.1 Å². The first kappa shape index (κ1) is 13.7. The quantitative estimate of drug-likeness (QED) is 0.731. The van der Waals surface area contributed by atoms with Crippen LogP contribution < -0.4 is 5.32 Å². The molecular formula is C13H17N3O3. The van der Waals surface area contributed by atoms with Gasteiger partial charge in [-0.05, 0) is 24.3 Å². The van der Waals surface area contributed by atoms with E-state index in [4.69, 9.17) is 9.15 Å². The second kappa shape index (κ2) is 7.63. The molecule has 1 atom stereocenters. The maximum atomic E-state index is 9.70. The number of ether oxygens (including phenoxy) is 1. The van der Waals surface area contributed by atoms with Gasteiger partial charge in [0, 0.05) is 19.3 Å². The number of rotatable bonds is 8. The van der Waals surface area contributed by atoms with E-state index in [1.807, 2.05) is 18.2 Å². The van der Waals surface area contributed by atoms with Gasteiger partial charge in [-0.3, -0.25) is 0 Å². The number of nitrogens with zero attached hydrogens (tertiary/aromatic N) is 2. The van der Waals surface area contributed by atoms with Crippen molar-refractivity contribution in [1.29, 1.82) is 0 Å². The average molecular weight is 263 g/mol. The number of aliphatic hydroxyl groups excluding tert-OH is 1. The number of hydrogen-bond donors (Lipinski definition) is 2. The molecule has 0 aromatic carbocycles. The molecule has 0 spiro atoms. The Bertz CT molecular complexity index is 447. The molecule has 19 heavy (non-hydrogen) atoms. The Morgan fingerprint density at radius 3 is 3.05 bits per heavy atom. The highest BCUT2D eigenvalue weighted by molar-refractivity contribution is 4.98. The monoisotopic (exact) mass is 263 g/mol. The van der Waals surface area contributed by atoms with Crippen LogP contribution in [0.4, 0.5) is 0 Å². The van der Waals surface area contributed by atoms with Gasteiger partial charge in [-0.25, -0.2) is 0 Å². The topological polar surface area (TPSA) is 80.4 Å². The number of nitrogens with one attached hydrogen (secondary N) is 1. The van der Waals surface area contributed by atoms with Crippen LogP contribution in [0.1, 0.15) is 11.5 Å². The molecule has 0 saturated carbocycles. The van der Waals surface area contributed by atoms with Crippen molar-refractivity contribution in [3.8, 4) is 0 Å². The van der Waals surface area contributed by atoms with E-state index < -0.39 is 6.10 Å². The zero-order valence-electron chi connectivity index (χ0n) is 10.5. The normalized spacial score (nSPS) is 12.5. The predicted octanol–water partition coefficient (Wildman–Crippen LogP) is 0.737. The Kier molecular flexibility index (Phi) is 5.49. The Balaban J connectivity index is 1.56. The predicted molar refractivity (Wildman–Crippen MR) is 68.1 cm³/mol. The minimum atomic E-state index is -0.563. The molecule has 2 rings (SSSR count). The number of aliphatic hydroxyl groups is 1. The van der Waals surface area contributed by atoms with Crippen LogP contribution >= 0.6 is 0 Å². The summed E-state index contributed by atoms with van der Waals surface area (Å²) in [7, 11) is 0. The van der Waals surface area contributed by atoms with E-state index >= 15 is 0 Å². The first-order valence-electron chi connectivity index (χ1n) is 6.10. The van der Waals surface area contributed by atoms with Gasteiger partial charge in [0.15, 0.2) is 0 Å². The fourth-order valence-corrected chi connectivity index (χ4v) is 1.54. The average Bonchev–Trinajstić information content (AvgIpc) is 2.93. The van der Waals surface area contributed by atoms with Crippen LogP contribution in [0.25, 0.3) is 0 Å². The van der Waals surface area contributed by atoms with E-state index in [0.717, 1.165) is 11.5 Å². The third kappa shape index (κ3) is 5.17. The lowest BCUT2D eigenvalue weighted by Gasteiger charge is -2.11. The molecule has 0 fully saturated rings. The van der Waals surface area contributed by atoms with Gasteiger partial charge in [0.25, 0.3) is 0 Å². The van der Waals surface area contributed by atoms with Crippen molar-refractivity contribution in [2.75, 3.05) is 13.2 Å². The lowest BCUT2D eigenvalue weighted by atomic mass is 10.3. The van der Waals surface area contributed by atoms with Gasteiger partial charge in [0.1, 0.15) is 12.4 Å². The standard InChI is InChI=1S/C13H17N3O3/c17-12(9-18-10-13-4-2-6-19-13)8-14-7-11-3-1-5-15-16-11/h1-6,12,14,17H,7-10H2. The van der Waals surface area contributed by atoms with Crippen molar-refractivity contribution in [2.24, 2.45) is 0 Å². The molecule has 102 valence electrons. The highest BCUT2D eigenvalue weighted by Gasteiger charge is 2.05. The van der Waals surface area contributed by atoms with E-state index in [9.17, 15) is 5.11 Å². The third-order valence-electron chi connectivity index (χ3n) is 2.45. The van der Waals surface area contributed by atoms with Crippen molar-refractivity contribution in [3.63, 3.8) is 0 Å². The van der Waals surface area contributed by atoms with E-state index in [1.165, 1.54) is 0 Å². The molecule has 2 N–H and O–H groups in total. The molecule has 0 bridgehead atoms. The summed E-state index contributed by atoms with van der Waals surface area (Å²) in [5.74, 6) is 0.750. The van der Waals surface area contributed by atoms with E-state index in [0.29, 0.717) is 19.7 Å². The molecule has 0 aliphatic carbocycles. The Hall–Kier alpha value is -1.76. The van der Waals surface area contributed by atoms with Gasteiger partial charge in [0.05, 0.1) is 24.7 Å². The van der Waals surface area contributed by atoms with Crippen LogP contribution in [-0.2, 0) is 17.9 Å². The minimum Gasteiger partial charge on any atom is -0.467 e. The molecule has 2 aromatic heterocycles. The fourth-order valence-electron chi connectivity index (χ4n) is 1.54. The summed E-state index contributed by atoms with van der Waals surface area (Å²) < 4.78 is 10.4. The SMILES string of the molecule is OC(CNCc1cccnn1)COCc1ccco1. The fraction of sp³-hybridized carbons (Fsp3) is 0.385. The van der Waals surface area contributed by atoms with Crippen LogP contribution in [0.3, 0.4) is 0 Å². The Labute approximate surface area is 111 Å². The van der Waals surface area contributed by atoms with Gasteiger partial charge in [-0.2, -0.15) is 10.2 Å². The summed E-state index contributed by atoms with van der Waals surface area (Å²) in [6.07, 6.45) is 2.66. The smallest absolute Gasteiger partial charge is 0.129 e. The van der Waals surface area contributed by atoms with Crippen molar-refractivity contribution in [3.05, 3.63) is 48.2 Å². The minimum absolute atomic E-state index is 0.258. The molecule has 0 aliphatic heterocycles. The van der Waals surface area contributed by atoms with Gasteiger partial charge >= 0.3 is 0 Å². The van der Waals surface area contributed by atoms with E-state index in [1.54, 1.807) is 18.5 Å². The second-order valence-corrected chi connectivity index (χ2v) is 4.09. The third-order valence-corrected chi connectivity index (χ3v) is 2.45. The molecule has 0 radical (unpaired) electrons. The molecule has 0 aliphatic rings. The summed E-state index contributed by atoms with van der Waals surface area (Å²) in [5.41, 5.74) is 0.839. The van der Waals surface area contributed by atoms with Gasteiger partial charge in [-0.15, -0.1) is 0 Å². The highest BCUT2D eigenvalue weighted by Crippen LogP contribution is 2.02. The zero-order valence-corrected chi connectivity index (χ0v) is 10.5. The van der Waals surface area contributed by atoms with Crippen molar-refractivity contribution < 1.29 is 14.3 Å². The molecule has 0 amide bonds. The van der Waals surface area contributed by atoms with E-state index in [2.05, 4.69) is 15.5 Å². The Morgan fingerprint density at radius 1 is 1.37 bits per heavy atom. The number of hydrogen-bond acceptors (Lipinski definition) is 6.